The fourth-order valence-electron chi connectivity index (χ4n) is 1.95. The summed E-state index contributed by atoms with van der Waals surface area (Å²) in [4.78, 5) is 13.8. The van der Waals surface area contributed by atoms with Crippen LogP contribution in [-0.4, -0.2) is 33.2 Å². The highest BCUT2D eigenvalue weighted by molar-refractivity contribution is 5.97. The Kier molecular flexibility index (Phi) is 3.93. The van der Waals surface area contributed by atoms with Gasteiger partial charge in [0, 0.05) is 13.6 Å². The molecule has 2 rings (SSSR count). The second-order valence-corrected chi connectivity index (χ2v) is 4.65. The van der Waals surface area contributed by atoms with Crippen molar-refractivity contribution in [3.63, 3.8) is 0 Å². The zero-order valence-electron chi connectivity index (χ0n) is 11.6. The number of hydrogen-bond acceptors (Lipinski definition) is 4. The Balaban J connectivity index is 2.12. The van der Waals surface area contributed by atoms with Crippen molar-refractivity contribution in [3.8, 4) is 5.75 Å². The fourth-order valence-corrected chi connectivity index (χ4v) is 1.95. The highest BCUT2D eigenvalue weighted by Gasteiger charge is 2.20. The lowest BCUT2D eigenvalue weighted by Crippen LogP contribution is -2.27. The van der Waals surface area contributed by atoms with Crippen LogP contribution in [0.4, 0.5) is 5.69 Å². The third kappa shape index (κ3) is 2.74. The van der Waals surface area contributed by atoms with E-state index in [0.29, 0.717) is 18.7 Å². The zero-order valence-corrected chi connectivity index (χ0v) is 11.6. The van der Waals surface area contributed by atoms with Crippen LogP contribution in [0.5, 0.6) is 5.75 Å². The van der Waals surface area contributed by atoms with E-state index in [2.05, 4.69) is 10.2 Å². The number of nitrogen functional groups attached to an aromatic ring is 1. The van der Waals surface area contributed by atoms with Crippen LogP contribution in [0.25, 0.3) is 0 Å². The largest absolute Gasteiger partial charge is 0.508 e. The van der Waals surface area contributed by atoms with Crippen LogP contribution in [0.2, 0.25) is 0 Å². The van der Waals surface area contributed by atoms with Gasteiger partial charge in [-0.2, -0.15) is 5.10 Å². The van der Waals surface area contributed by atoms with Gasteiger partial charge in [0.2, 0.25) is 0 Å². The van der Waals surface area contributed by atoms with Crippen molar-refractivity contribution < 1.29 is 9.90 Å². The molecule has 2 aromatic rings. The van der Waals surface area contributed by atoms with Crippen molar-refractivity contribution in [2.75, 3.05) is 12.8 Å². The minimum absolute atomic E-state index is 0.201. The maximum atomic E-state index is 12.3. The number of aromatic amines is 1. The van der Waals surface area contributed by atoms with E-state index in [9.17, 15) is 9.90 Å². The van der Waals surface area contributed by atoms with Crippen molar-refractivity contribution >= 4 is 11.6 Å². The lowest BCUT2D eigenvalue weighted by atomic mass is 10.2. The van der Waals surface area contributed by atoms with Gasteiger partial charge >= 0.3 is 0 Å². The number of aryl methyl sites for hydroxylation is 1. The highest BCUT2D eigenvalue weighted by Crippen LogP contribution is 2.17. The van der Waals surface area contributed by atoms with E-state index in [1.165, 1.54) is 0 Å². The van der Waals surface area contributed by atoms with Gasteiger partial charge in [-0.05, 0) is 24.1 Å². The van der Waals surface area contributed by atoms with E-state index in [0.717, 1.165) is 11.3 Å². The molecule has 0 unspecified atom stereocenters. The highest BCUT2D eigenvalue weighted by atomic mass is 16.3. The van der Waals surface area contributed by atoms with Crippen LogP contribution >= 0.6 is 0 Å². The van der Waals surface area contributed by atoms with Gasteiger partial charge in [0.1, 0.15) is 5.75 Å². The van der Waals surface area contributed by atoms with E-state index in [1.54, 1.807) is 36.2 Å². The fraction of sp³-hybridized carbons (Fsp3) is 0.286. The summed E-state index contributed by atoms with van der Waals surface area (Å²) in [5, 5.41) is 16.0. The second-order valence-electron chi connectivity index (χ2n) is 4.65. The normalized spacial score (nSPS) is 10.5. The molecular weight excluding hydrogens is 256 g/mol. The van der Waals surface area contributed by atoms with Gasteiger partial charge < -0.3 is 15.7 Å². The van der Waals surface area contributed by atoms with Crippen LogP contribution in [0, 0.1) is 0 Å². The summed E-state index contributed by atoms with van der Waals surface area (Å²) in [6.45, 7) is 2.37. The van der Waals surface area contributed by atoms with Gasteiger partial charge in [-0.25, -0.2) is 0 Å². The summed E-state index contributed by atoms with van der Waals surface area (Å²) in [6.07, 6.45) is 0.702. The molecule has 1 aromatic heterocycles. The van der Waals surface area contributed by atoms with E-state index in [-0.39, 0.29) is 17.4 Å². The van der Waals surface area contributed by atoms with Gasteiger partial charge in [0.05, 0.1) is 11.4 Å². The minimum Gasteiger partial charge on any atom is -0.508 e. The number of anilines is 1. The quantitative estimate of drug-likeness (QED) is 0.788. The van der Waals surface area contributed by atoms with Crippen LogP contribution < -0.4 is 5.73 Å². The first-order chi connectivity index (χ1) is 9.52. The molecule has 0 fully saturated rings. The molecule has 0 bridgehead atoms. The summed E-state index contributed by atoms with van der Waals surface area (Å²) < 4.78 is 0. The Hall–Kier alpha value is -2.50. The summed E-state index contributed by atoms with van der Waals surface area (Å²) in [5.41, 5.74) is 8.25. The maximum absolute atomic E-state index is 12.3. The van der Waals surface area contributed by atoms with Crippen LogP contribution in [0.15, 0.2) is 24.3 Å². The van der Waals surface area contributed by atoms with Crippen LogP contribution in [-0.2, 0) is 13.0 Å². The average molecular weight is 274 g/mol. The van der Waals surface area contributed by atoms with E-state index in [1.807, 2.05) is 6.92 Å². The van der Waals surface area contributed by atoms with Gasteiger partial charge in [-0.3, -0.25) is 9.89 Å². The smallest absolute Gasteiger partial charge is 0.276 e. The number of aromatic hydroxyl groups is 1. The molecule has 1 aromatic carbocycles. The number of amides is 1. The Morgan fingerprint density at radius 3 is 2.60 bits per heavy atom. The Bertz CT molecular complexity index is 604. The van der Waals surface area contributed by atoms with Gasteiger partial charge in [-0.1, -0.05) is 19.1 Å². The first-order valence-electron chi connectivity index (χ1n) is 6.39. The van der Waals surface area contributed by atoms with Crippen LogP contribution in [0.3, 0.4) is 0 Å². The van der Waals surface area contributed by atoms with Gasteiger partial charge in [0.25, 0.3) is 5.91 Å². The number of H-pyrrole nitrogens is 1. The number of phenolic OH excluding ortho intramolecular Hbond substituents is 1. The van der Waals surface area contributed by atoms with E-state index < -0.39 is 0 Å². The van der Waals surface area contributed by atoms with Crippen LogP contribution in [0.1, 0.15) is 28.7 Å². The first-order valence-corrected chi connectivity index (χ1v) is 6.39. The molecule has 0 saturated heterocycles. The summed E-state index contributed by atoms with van der Waals surface area (Å²) >= 11 is 0. The maximum Gasteiger partial charge on any atom is 0.276 e. The lowest BCUT2D eigenvalue weighted by molar-refractivity contribution is 0.0780. The average Bonchev–Trinajstić information content (AvgIpc) is 2.81. The predicted octanol–water partition coefficient (Wildman–Crippen LogP) is 1.53. The summed E-state index contributed by atoms with van der Waals surface area (Å²) in [7, 11) is 1.69. The molecule has 6 heteroatoms. The van der Waals surface area contributed by atoms with Crippen molar-refractivity contribution in [2.45, 2.75) is 19.9 Å². The molecule has 20 heavy (non-hydrogen) atoms. The van der Waals surface area contributed by atoms with Gasteiger partial charge in [-0.15, -0.1) is 0 Å². The molecule has 0 atom stereocenters. The minimum atomic E-state index is -0.230. The van der Waals surface area contributed by atoms with Crippen molar-refractivity contribution in [3.05, 3.63) is 41.2 Å². The number of benzene rings is 1. The number of aromatic nitrogens is 2. The Morgan fingerprint density at radius 2 is 2.05 bits per heavy atom. The second kappa shape index (κ2) is 5.64. The number of nitrogens with two attached hydrogens (primary N) is 1. The monoisotopic (exact) mass is 274 g/mol. The number of hydrogen-bond donors (Lipinski definition) is 3. The molecule has 6 nitrogen and oxygen atoms in total. The predicted molar refractivity (Wildman–Crippen MR) is 76.3 cm³/mol. The molecule has 1 heterocycles. The number of phenols is 1. The zero-order chi connectivity index (χ0) is 14.7. The van der Waals surface area contributed by atoms with E-state index >= 15 is 0 Å². The van der Waals surface area contributed by atoms with Crippen molar-refractivity contribution in [1.29, 1.82) is 0 Å². The SMILES string of the molecule is CCc1[nH]nc(C(=O)N(C)Cc2ccc(O)cc2)c1N. The Morgan fingerprint density at radius 1 is 1.40 bits per heavy atom. The molecular formula is C14H18N4O2. The molecule has 4 N–H and O–H groups in total. The standard InChI is InChI=1S/C14H18N4O2/c1-3-11-12(15)13(17-16-11)14(20)18(2)8-9-4-6-10(19)7-5-9/h4-7,19H,3,8,15H2,1-2H3,(H,16,17). The van der Waals surface area contributed by atoms with Crippen molar-refractivity contribution in [2.24, 2.45) is 0 Å². The molecule has 0 aliphatic heterocycles. The number of carbonyl (C=O) groups is 1. The summed E-state index contributed by atoms with van der Waals surface area (Å²) in [6, 6.07) is 6.71. The molecule has 0 saturated carbocycles. The molecule has 0 radical (unpaired) electrons. The molecule has 1 amide bonds. The number of carbonyl (C=O) groups excluding carboxylic acids is 1. The molecule has 106 valence electrons. The number of rotatable bonds is 4. The first kappa shape index (κ1) is 13.9. The van der Waals surface area contributed by atoms with Crippen molar-refractivity contribution in [1.82, 2.24) is 15.1 Å². The third-order valence-electron chi connectivity index (χ3n) is 3.14. The number of nitrogens with one attached hydrogen (secondary N) is 1. The lowest BCUT2D eigenvalue weighted by Gasteiger charge is -2.16. The molecule has 0 aliphatic rings. The Labute approximate surface area is 117 Å². The van der Waals surface area contributed by atoms with E-state index in [4.69, 9.17) is 5.73 Å². The molecule has 0 spiro atoms. The summed E-state index contributed by atoms with van der Waals surface area (Å²) in [5.74, 6) is -0.0293. The van der Waals surface area contributed by atoms with Gasteiger partial charge in [0.15, 0.2) is 5.69 Å². The number of nitrogens with zero attached hydrogens (tertiary/aromatic N) is 2. The third-order valence-corrected chi connectivity index (χ3v) is 3.14. The topological polar surface area (TPSA) is 95.2 Å². The molecule has 0 aliphatic carbocycles.